The van der Waals surface area contributed by atoms with Crippen LogP contribution in [0.15, 0.2) is 24.8 Å². The van der Waals surface area contributed by atoms with Crippen LogP contribution in [0.3, 0.4) is 0 Å². The summed E-state index contributed by atoms with van der Waals surface area (Å²) in [4.78, 5) is 4.11. The molecule has 0 amide bonds. The normalized spacial score (nSPS) is 15.2. The molecular formula is C12H18N4. The van der Waals surface area contributed by atoms with E-state index in [9.17, 15) is 0 Å². The Morgan fingerprint density at radius 3 is 3.00 bits per heavy atom. The minimum atomic E-state index is 0.0525. The standard InChI is InChI=1S/C12H18N4/c1-3-9(2)6-11(13)10-7-15-16-5-4-14-8-12(10)16/h4-5,7-9,11H,3,6,13H2,1-2H3. The highest BCUT2D eigenvalue weighted by Crippen LogP contribution is 2.23. The van der Waals surface area contributed by atoms with Gasteiger partial charge in [-0.3, -0.25) is 4.98 Å². The molecule has 2 rings (SSSR count). The van der Waals surface area contributed by atoms with Crippen molar-refractivity contribution in [2.24, 2.45) is 11.7 Å². The van der Waals surface area contributed by atoms with E-state index in [2.05, 4.69) is 23.9 Å². The lowest BCUT2D eigenvalue weighted by Gasteiger charge is -2.14. The van der Waals surface area contributed by atoms with E-state index in [0.29, 0.717) is 5.92 Å². The van der Waals surface area contributed by atoms with Gasteiger partial charge in [-0.25, -0.2) is 4.52 Å². The molecule has 0 aromatic carbocycles. The number of aromatic nitrogens is 3. The van der Waals surface area contributed by atoms with E-state index >= 15 is 0 Å². The molecule has 2 aromatic heterocycles. The third-order valence-corrected chi connectivity index (χ3v) is 3.11. The molecule has 0 bridgehead atoms. The van der Waals surface area contributed by atoms with Crippen LogP contribution in [0.4, 0.5) is 0 Å². The molecule has 0 radical (unpaired) electrons. The summed E-state index contributed by atoms with van der Waals surface area (Å²) in [5, 5.41) is 4.27. The van der Waals surface area contributed by atoms with Gasteiger partial charge in [0.2, 0.25) is 0 Å². The number of rotatable bonds is 4. The maximum atomic E-state index is 6.20. The molecule has 86 valence electrons. The van der Waals surface area contributed by atoms with E-state index in [1.54, 1.807) is 6.20 Å². The Hall–Kier alpha value is -1.42. The molecule has 0 aliphatic carbocycles. The number of nitrogens with two attached hydrogens (primary N) is 1. The number of nitrogens with zero attached hydrogens (tertiary/aromatic N) is 3. The highest BCUT2D eigenvalue weighted by molar-refractivity contribution is 5.52. The first-order valence-corrected chi connectivity index (χ1v) is 5.75. The first-order valence-electron chi connectivity index (χ1n) is 5.75. The predicted molar refractivity (Wildman–Crippen MR) is 64.0 cm³/mol. The lowest BCUT2D eigenvalue weighted by molar-refractivity contribution is 0.462. The van der Waals surface area contributed by atoms with Crippen LogP contribution in [0.1, 0.15) is 38.3 Å². The van der Waals surface area contributed by atoms with Gasteiger partial charge < -0.3 is 5.73 Å². The summed E-state index contributed by atoms with van der Waals surface area (Å²) >= 11 is 0. The van der Waals surface area contributed by atoms with Gasteiger partial charge in [-0.2, -0.15) is 5.10 Å². The number of hydrogen-bond acceptors (Lipinski definition) is 3. The third-order valence-electron chi connectivity index (χ3n) is 3.11. The van der Waals surface area contributed by atoms with Gasteiger partial charge in [0.25, 0.3) is 0 Å². The highest BCUT2D eigenvalue weighted by Gasteiger charge is 2.14. The van der Waals surface area contributed by atoms with Crippen molar-refractivity contribution < 1.29 is 0 Å². The summed E-state index contributed by atoms with van der Waals surface area (Å²) in [6.07, 6.45) is 9.39. The monoisotopic (exact) mass is 218 g/mol. The van der Waals surface area contributed by atoms with Crippen LogP contribution in [0, 0.1) is 5.92 Å². The van der Waals surface area contributed by atoms with Crippen molar-refractivity contribution in [3.63, 3.8) is 0 Å². The molecule has 2 aromatic rings. The zero-order valence-electron chi connectivity index (χ0n) is 9.80. The van der Waals surface area contributed by atoms with Crippen molar-refractivity contribution in [2.45, 2.75) is 32.7 Å². The van der Waals surface area contributed by atoms with E-state index in [4.69, 9.17) is 5.73 Å². The predicted octanol–water partition coefficient (Wildman–Crippen LogP) is 2.17. The van der Waals surface area contributed by atoms with Gasteiger partial charge in [0.1, 0.15) is 0 Å². The molecule has 0 spiro atoms. The molecule has 0 saturated heterocycles. The number of hydrogen-bond donors (Lipinski definition) is 1. The molecule has 2 atom stereocenters. The van der Waals surface area contributed by atoms with Gasteiger partial charge in [-0.15, -0.1) is 0 Å². The summed E-state index contributed by atoms with van der Waals surface area (Å²) in [7, 11) is 0. The smallest absolute Gasteiger partial charge is 0.0892 e. The minimum absolute atomic E-state index is 0.0525. The van der Waals surface area contributed by atoms with Crippen LogP contribution in [0.25, 0.3) is 5.52 Å². The Morgan fingerprint density at radius 2 is 2.25 bits per heavy atom. The Kier molecular flexibility index (Phi) is 3.19. The first kappa shape index (κ1) is 11.1. The Morgan fingerprint density at radius 1 is 1.44 bits per heavy atom. The molecule has 2 unspecified atom stereocenters. The van der Waals surface area contributed by atoms with Crippen molar-refractivity contribution >= 4 is 5.52 Å². The van der Waals surface area contributed by atoms with Crippen molar-refractivity contribution in [3.8, 4) is 0 Å². The maximum absolute atomic E-state index is 6.20. The van der Waals surface area contributed by atoms with Crippen LogP contribution < -0.4 is 5.73 Å². The van der Waals surface area contributed by atoms with Crippen LogP contribution in [0.2, 0.25) is 0 Å². The van der Waals surface area contributed by atoms with E-state index in [1.807, 2.05) is 23.1 Å². The summed E-state index contributed by atoms with van der Waals surface area (Å²) in [6.45, 7) is 4.42. The second-order valence-electron chi connectivity index (χ2n) is 4.36. The van der Waals surface area contributed by atoms with Gasteiger partial charge in [0.05, 0.1) is 17.9 Å². The summed E-state index contributed by atoms with van der Waals surface area (Å²) in [6, 6.07) is 0.0525. The Labute approximate surface area is 95.5 Å². The van der Waals surface area contributed by atoms with E-state index in [0.717, 1.165) is 23.9 Å². The van der Waals surface area contributed by atoms with Crippen molar-refractivity contribution in [2.75, 3.05) is 0 Å². The van der Waals surface area contributed by atoms with Gasteiger partial charge in [0, 0.05) is 24.0 Å². The van der Waals surface area contributed by atoms with Crippen molar-refractivity contribution in [1.29, 1.82) is 0 Å². The molecule has 0 aliphatic heterocycles. The van der Waals surface area contributed by atoms with Crippen LogP contribution >= 0.6 is 0 Å². The van der Waals surface area contributed by atoms with Gasteiger partial charge in [0.15, 0.2) is 0 Å². The lowest BCUT2D eigenvalue weighted by Crippen LogP contribution is -2.13. The van der Waals surface area contributed by atoms with Crippen molar-refractivity contribution in [1.82, 2.24) is 14.6 Å². The zero-order valence-corrected chi connectivity index (χ0v) is 9.80. The Balaban J connectivity index is 2.26. The second kappa shape index (κ2) is 4.61. The third kappa shape index (κ3) is 2.07. The van der Waals surface area contributed by atoms with Crippen LogP contribution in [0.5, 0.6) is 0 Å². The molecule has 16 heavy (non-hydrogen) atoms. The quantitative estimate of drug-likeness (QED) is 0.855. The molecule has 4 heteroatoms. The summed E-state index contributed by atoms with van der Waals surface area (Å²) in [5.41, 5.74) is 8.30. The fourth-order valence-corrected chi connectivity index (χ4v) is 1.87. The topological polar surface area (TPSA) is 56.2 Å². The average molecular weight is 218 g/mol. The first-order chi connectivity index (χ1) is 7.72. The zero-order chi connectivity index (χ0) is 11.5. The molecule has 0 saturated carbocycles. The van der Waals surface area contributed by atoms with E-state index < -0.39 is 0 Å². The molecule has 0 aliphatic rings. The molecule has 2 heterocycles. The summed E-state index contributed by atoms with van der Waals surface area (Å²) in [5.74, 6) is 0.640. The molecule has 2 N–H and O–H groups in total. The average Bonchev–Trinajstić information content (AvgIpc) is 2.72. The van der Waals surface area contributed by atoms with E-state index in [1.165, 1.54) is 0 Å². The highest BCUT2D eigenvalue weighted by atomic mass is 15.2. The fourth-order valence-electron chi connectivity index (χ4n) is 1.87. The molecular weight excluding hydrogens is 200 g/mol. The molecule has 4 nitrogen and oxygen atoms in total. The number of fused-ring (bicyclic) bond motifs is 1. The van der Waals surface area contributed by atoms with Gasteiger partial charge in [-0.1, -0.05) is 20.3 Å². The minimum Gasteiger partial charge on any atom is -0.324 e. The Bertz CT molecular complexity index is 463. The van der Waals surface area contributed by atoms with Crippen LogP contribution in [-0.4, -0.2) is 14.6 Å². The fraction of sp³-hybridized carbons (Fsp3) is 0.500. The van der Waals surface area contributed by atoms with Crippen molar-refractivity contribution in [3.05, 3.63) is 30.4 Å². The summed E-state index contributed by atoms with van der Waals surface area (Å²) < 4.78 is 1.82. The lowest BCUT2D eigenvalue weighted by atomic mass is 9.96. The van der Waals surface area contributed by atoms with Gasteiger partial charge >= 0.3 is 0 Å². The maximum Gasteiger partial charge on any atom is 0.0892 e. The SMILES string of the molecule is CCC(C)CC(N)c1cnn2ccncc12. The van der Waals surface area contributed by atoms with Gasteiger partial charge in [-0.05, 0) is 12.3 Å². The van der Waals surface area contributed by atoms with Crippen LogP contribution in [-0.2, 0) is 0 Å². The van der Waals surface area contributed by atoms with E-state index in [-0.39, 0.29) is 6.04 Å². The second-order valence-corrected chi connectivity index (χ2v) is 4.36. The molecule has 0 fully saturated rings. The largest absolute Gasteiger partial charge is 0.324 e.